The van der Waals surface area contributed by atoms with Crippen molar-refractivity contribution in [2.24, 2.45) is 0 Å². The first-order chi connectivity index (χ1) is 14.4. The topological polar surface area (TPSA) is 88.2 Å². The molecule has 0 aromatic heterocycles. The molecule has 0 aliphatic carbocycles. The largest absolute Gasteiger partial charge is 0.489 e. The number of morpholine rings is 1. The van der Waals surface area contributed by atoms with Gasteiger partial charge in [0.05, 0.1) is 31.2 Å². The molecule has 30 heavy (non-hydrogen) atoms. The van der Waals surface area contributed by atoms with Crippen LogP contribution in [0.3, 0.4) is 0 Å². The Kier molecular flexibility index (Phi) is 5.89. The Labute approximate surface area is 174 Å². The van der Waals surface area contributed by atoms with Crippen LogP contribution in [0.2, 0.25) is 0 Å². The minimum absolute atomic E-state index is 0.0505. The van der Waals surface area contributed by atoms with E-state index in [-0.39, 0.29) is 23.0 Å². The Hall–Kier alpha value is -2.69. The van der Waals surface area contributed by atoms with Crippen LogP contribution in [0.5, 0.6) is 5.75 Å². The molecule has 4 rings (SSSR count). The van der Waals surface area contributed by atoms with Gasteiger partial charge in [-0.2, -0.15) is 4.31 Å². The highest BCUT2D eigenvalue weighted by molar-refractivity contribution is 7.89. The fourth-order valence-electron chi connectivity index (χ4n) is 3.47. The van der Waals surface area contributed by atoms with Gasteiger partial charge in [0, 0.05) is 18.8 Å². The Balaban J connectivity index is 1.41. The highest BCUT2D eigenvalue weighted by Gasteiger charge is 2.26. The van der Waals surface area contributed by atoms with Gasteiger partial charge in [-0.15, -0.1) is 0 Å². The van der Waals surface area contributed by atoms with Crippen LogP contribution in [0.25, 0.3) is 0 Å². The van der Waals surface area contributed by atoms with E-state index in [1.807, 2.05) is 0 Å². The summed E-state index contributed by atoms with van der Waals surface area (Å²) in [4.78, 5) is 14.3. The maximum Gasteiger partial charge on any atom is 0.243 e. The van der Waals surface area contributed by atoms with E-state index in [4.69, 9.17) is 9.47 Å². The first-order valence-corrected chi connectivity index (χ1v) is 11.0. The molecule has 0 radical (unpaired) electrons. The van der Waals surface area contributed by atoms with Crippen molar-refractivity contribution >= 4 is 27.3 Å². The third-order valence-corrected chi connectivity index (χ3v) is 6.88. The van der Waals surface area contributed by atoms with Crippen molar-refractivity contribution in [2.75, 3.05) is 56.2 Å². The summed E-state index contributed by atoms with van der Waals surface area (Å²) in [6.45, 7) is 2.08. The second-order valence-electron chi connectivity index (χ2n) is 6.95. The van der Waals surface area contributed by atoms with E-state index >= 15 is 0 Å². The molecular formula is C20H22FN3O5S. The molecule has 0 spiro atoms. The average molecular weight is 435 g/mol. The Morgan fingerprint density at radius 2 is 1.77 bits per heavy atom. The monoisotopic (exact) mass is 435 g/mol. The summed E-state index contributed by atoms with van der Waals surface area (Å²) in [6.07, 6.45) is 0. The zero-order valence-corrected chi connectivity index (χ0v) is 17.0. The Morgan fingerprint density at radius 1 is 1.03 bits per heavy atom. The standard InChI is InChI=1S/C20H22FN3O5S/c21-17-2-1-3-18-20(17)23(8-13-29-18)14-19(25)22-15-4-6-16(7-5-15)30(26,27)24-9-11-28-12-10-24/h1-7H,8-14H2,(H,22,25). The molecule has 0 saturated carbocycles. The quantitative estimate of drug-likeness (QED) is 0.769. The molecule has 1 saturated heterocycles. The minimum atomic E-state index is -3.59. The highest BCUT2D eigenvalue weighted by atomic mass is 32.2. The molecule has 2 aliphatic heterocycles. The van der Waals surface area contributed by atoms with Gasteiger partial charge >= 0.3 is 0 Å². The number of fused-ring (bicyclic) bond motifs is 1. The molecule has 0 atom stereocenters. The number of hydrogen-bond donors (Lipinski definition) is 1. The van der Waals surface area contributed by atoms with E-state index < -0.39 is 15.8 Å². The Morgan fingerprint density at radius 3 is 2.50 bits per heavy atom. The smallest absolute Gasteiger partial charge is 0.243 e. The maximum atomic E-state index is 14.2. The van der Waals surface area contributed by atoms with Gasteiger partial charge in [0.2, 0.25) is 15.9 Å². The molecule has 8 nitrogen and oxygen atoms in total. The summed E-state index contributed by atoms with van der Waals surface area (Å²) >= 11 is 0. The summed E-state index contributed by atoms with van der Waals surface area (Å²) < 4.78 is 51.5. The van der Waals surface area contributed by atoms with E-state index in [2.05, 4.69) is 5.32 Å². The average Bonchev–Trinajstić information content (AvgIpc) is 2.75. The zero-order chi connectivity index (χ0) is 21.1. The minimum Gasteiger partial charge on any atom is -0.489 e. The fraction of sp³-hybridized carbons (Fsp3) is 0.350. The van der Waals surface area contributed by atoms with Crippen molar-refractivity contribution in [1.82, 2.24) is 4.31 Å². The predicted molar refractivity (Wildman–Crippen MR) is 109 cm³/mol. The number of carbonyl (C=O) groups excluding carboxylic acids is 1. The molecule has 2 aromatic carbocycles. The van der Waals surface area contributed by atoms with E-state index in [0.717, 1.165) is 0 Å². The third-order valence-electron chi connectivity index (χ3n) is 4.97. The molecule has 1 fully saturated rings. The van der Waals surface area contributed by atoms with Crippen LogP contribution in [0.1, 0.15) is 0 Å². The Bertz CT molecular complexity index is 1020. The number of nitrogens with one attached hydrogen (secondary N) is 1. The number of nitrogens with zero attached hydrogens (tertiary/aromatic N) is 2. The molecule has 0 bridgehead atoms. The van der Waals surface area contributed by atoms with Crippen molar-refractivity contribution in [3.05, 3.63) is 48.3 Å². The summed E-state index contributed by atoms with van der Waals surface area (Å²) in [5.74, 6) is -0.376. The van der Waals surface area contributed by atoms with E-state index in [9.17, 15) is 17.6 Å². The summed E-state index contributed by atoms with van der Waals surface area (Å²) in [5.41, 5.74) is 0.730. The molecule has 10 heteroatoms. The summed E-state index contributed by atoms with van der Waals surface area (Å²) in [5, 5.41) is 2.73. The van der Waals surface area contributed by atoms with E-state index in [1.54, 1.807) is 29.2 Å². The van der Waals surface area contributed by atoms with Gasteiger partial charge < -0.3 is 19.7 Å². The van der Waals surface area contributed by atoms with Crippen LogP contribution < -0.4 is 15.0 Å². The molecule has 1 amide bonds. The predicted octanol–water partition coefficient (Wildman–Crippen LogP) is 1.68. The molecule has 1 N–H and O–H groups in total. The van der Waals surface area contributed by atoms with Crippen LogP contribution >= 0.6 is 0 Å². The van der Waals surface area contributed by atoms with Crippen molar-refractivity contribution < 1.29 is 27.1 Å². The number of benzene rings is 2. The third kappa shape index (κ3) is 4.25. The van der Waals surface area contributed by atoms with E-state index in [0.29, 0.717) is 50.9 Å². The van der Waals surface area contributed by atoms with E-state index in [1.165, 1.54) is 22.5 Å². The second kappa shape index (κ2) is 8.58. The zero-order valence-electron chi connectivity index (χ0n) is 16.2. The molecule has 2 aromatic rings. The van der Waals surface area contributed by atoms with Crippen LogP contribution in [0.15, 0.2) is 47.4 Å². The molecule has 2 aliphatic rings. The lowest BCUT2D eigenvalue weighted by atomic mass is 10.2. The number of hydrogen-bond acceptors (Lipinski definition) is 6. The first kappa shape index (κ1) is 20.6. The number of halogens is 1. The van der Waals surface area contributed by atoms with Crippen molar-refractivity contribution in [3.8, 4) is 5.75 Å². The lowest BCUT2D eigenvalue weighted by molar-refractivity contribution is -0.115. The number of sulfonamides is 1. The van der Waals surface area contributed by atoms with Crippen LogP contribution in [-0.4, -0.2) is 64.6 Å². The molecular weight excluding hydrogens is 413 g/mol. The number of ether oxygens (including phenoxy) is 2. The van der Waals surface area contributed by atoms with Crippen LogP contribution in [-0.2, 0) is 19.6 Å². The number of carbonyl (C=O) groups is 1. The fourth-order valence-corrected chi connectivity index (χ4v) is 4.88. The number of para-hydroxylation sites is 1. The highest BCUT2D eigenvalue weighted by Crippen LogP contribution is 2.33. The van der Waals surface area contributed by atoms with Gasteiger partial charge in [0.1, 0.15) is 23.9 Å². The van der Waals surface area contributed by atoms with Crippen molar-refractivity contribution in [1.29, 1.82) is 0 Å². The molecule has 2 heterocycles. The van der Waals surface area contributed by atoms with Gasteiger partial charge in [0.25, 0.3) is 0 Å². The maximum absolute atomic E-state index is 14.2. The molecule has 160 valence electrons. The van der Waals surface area contributed by atoms with Gasteiger partial charge in [-0.3, -0.25) is 4.79 Å². The van der Waals surface area contributed by atoms with Crippen molar-refractivity contribution in [3.63, 3.8) is 0 Å². The SMILES string of the molecule is O=C(CN1CCOc2cccc(F)c21)Nc1ccc(S(=O)(=O)N2CCOCC2)cc1. The van der Waals surface area contributed by atoms with Crippen molar-refractivity contribution in [2.45, 2.75) is 4.90 Å². The molecule has 0 unspecified atom stereocenters. The normalized spacial score (nSPS) is 17.2. The van der Waals surface area contributed by atoms with Crippen LogP contribution in [0, 0.1) is 5.82 Å². The lowest BCUT2D eigenvalue weighted by Crippen LogP contribution is -2.40. The van der Waals surface area contributed by atoms with Gasteiger partial charge in [-0.05, 0) is 36.4 Å². The number of amides is 1. The van der Waals surface area contributed by atoms with Gasteiger partial charge in [-0.1, -0.05) is 6.07 Å². The lowest BCUT2D eigenvalue weighted by Gasteiger charge is -2.30. The first-order valence-electron chi connectivity index (χ1n) is 9.59. The van der Waals surface area contributed by atoms with Gasteiger partial charge in [0.15, 0.2) is 0 Å². The van der Waals surface area contributed by atoms with Crippen LogP contribution in [0.4, 0.5) is 15.8 Å². The summed E-state index contributed by atoms with van der Waals surface area (Å²) in [6, 6.07) is 10.6. The van der Waals surface area contributed by atoms with Gasteiger partial charge in [-0.25, -0.2) is 12.8 Å². The number of anilines is 2. The number of rotatable bonds is 5. The summed E-state index contributed by atoms with van der Waals surface area (Å²) in [7, 11) is -3.59. The second-order valence-corrected chi connectivity index (χ2v) is 8.88.